The zero-order chi connectivity index (χ0) is 15.0. The van der Waals surface area contributed by atoms with Crippen LogP contribution in [0.5, 0.6) is 0 Å². The van der Waals surface area contributed by atoms with Gasteiger partial charge in [-0.1, -0.05) is 18.2 Å². The van der Waals surface area contributed by atoms with Crippen molar-refractivity contribution in [3.63, 3.8) is 0 Å². The van der Waals surface area contributed by atoms with Crippen molar-refractivity contribution in [1.82, 2.24) is 15.1 Å². The van der Waals surface area contributed by atoms with Crippen LogP contribution in [0.1, 0.15) is 24.9 Å². The zero-order valence-electron chi connectivity index (χ0n) is 13.2. The lowest BCUT2D eigenvalue weighted by molar-refractivity contribution is 0.255. The van der Waals surface area contributed by atoms with Gasteiger partial charge in [0.15, 0.2) is 0 Å². The van der Waals surface area contributed by atoms with E-state index in [0.717, 1.165) is 38.2 Å². The maximum Gasteiger partial charge on any atom is 0.127 e. The largest absolute Gasteiger partial charge is 0.315 e. The van der Waals surface area contributed by atoms with E-state index in [2.05, 4.69) is 29.2 Å². The molecule has 1 N–H and O–H groups in total. The number of nitrogens with zero attached hydrogens (tertiary/aromatic N) is 2. The van der Waals surface area contributed by atoms with E-state index in [1.165, 1.54) is 6.07 Å². The summed E-state index contributed by atoms with van der Waals surface area (Å²) in [7, 11) is 6.21. The van der Waals surface area contributed by atoms with Gasteiger partial charge in [0.2, 0.25) is 0 Å². The minimum absolute atomic E-state index is 0.0970. The van der Waals surface area contributed by atoms with Crippen molar-refractivity contribution in [2.75, 3.05) is 47.3 Å². The van der Waals surface area contributed by atoms with Gasteiger partial charge in [0, 0.05) is 24.7 Å². The van der Waals surface area contributed by atoms with Crippen LogP contribution in [-0.4, -0.2) is 57.1 Å². The highest BCUT2D eigenvalue weighted by Crippen LogP contribution is 2.20. The van der Waals surface area contributed by atoms with E-state index in [9.17, 15) is 4.39 Å². The fraction of sp³-hybridized carbons (Fsp3) is 0.625. The lowest BCUT2D eigenvalue weighted by Crippen LogP contribution is -2.32. The molecule has 0 aliphatic heterocycles. The molecule has 0 aliphatic carbocycles. The summed E-state index contributed by atoms with van der Waals surface area (Å²) < 4.78 is 13.7. The van der Waals surface area contributed by atoms with Crippen LogP contribution in [0.15, 0.2) is 24.3 Å². The molecule has 1 unspecified atom stereocenters. The number of benzene rings is 1. The normalized spacial score (nSPS) is 13.2. The maximum atomic E-state index is 13.7. The van der Waals surface area contributed by atoms with Crippen LogP contribution in [0.25, 0.3) is 0 Å². The molecule has 0 bridgehead atoms. The second-order valence-electron chi connectivity index (χ2n) is 5.58. The smallest absolute Gasteiger partial charge is 0.127 e. The van der Waals surface area contributed by atoms with Crippen molar-refractivity contribution in [2.24, 2.45) is 0 Å². The molecule has 1 atom stereocenters. The minimum Gasteiger partial charge on any atom is -0.315 e. The van der Waals surface area contributed by atoms with Crippen LogP contribution < -0.4 is 5.32 Å². The molecule has 114 valence electrons. The van der Waals surface area contributed by atoms with Gasteiger partial charge >= 0.3 is 0 Å². The molecule has 0 aliphatic rings. The molecule has 20 heavy (non-hydrogen) atoms. The Labute approximate surface area is 122 Å². The van der Waals surface area contributed by atoms with E-state index in [4.69, 9.17) is 0 Å². The van der Waals surface area contributed by atoms with Crippen molar-refractivity contribution in [3.8, 4) is 0 Å². The number of halogens is 1. The number of nitrogens with one attached hydrogen (secondary N) is 1. The average Bonchev–Trinajstić information content (AvgIpc) is 2.42. The van der Waals surface area contributed by atoms with Crippen LogP contribution in [0.2, 0.25) is 0 Å². The first-order chi connectivity index (χ1) is 9.52. The summed E-state index contributed by atoms with van der Waals surface area (Å²) in [5.41, 5.74) is 0.766. The van der Waals surface area contributed by atoms with Gasteiger partial charge in [-0.05, 0) is 53.6 Å². The van der Waals surface area contributed by atoms with E-state index in [0.29, 0.717) is 0 Å². The van der Waals surface area contributed by atoms with E-state index in [1.807, 2.05) is 26.1 Å². The summed E-state index contributed by atoms with van der Waals surface area (Å²) in [5, 5.41) is 3.43. The SMILES string of the molecule is CC(c1ccccc1F)N(C)CCNCCCN(C)C. The Kier molecular flexibility index (Phi) is 7.73. The maximum absolute atomic E-state index is 13.7. The highest BCUT2D eigenvalue weighted by molar-refractivity contribution is 5.20. The van der Waals surface area contributed by atoms with Gasteiger partial charge in [-0.2, -0.15) is 0 Å². The molecule has 1 aromatic carbocycles. The first-order valence-electron chi connectivity index (χ1n) is 7.32. The summed E-state index contributed by atoms with van der Waals surface area (Å²) in [6.07, 6.45) is 1.15. The second kappa shape index (κ2) is 9.06. The van der Waals surface area contributed by atoms with E-state index >= 15 is 0 Å². The van der Waals surface area contributed by atoms with Crippen molar-refractivity contribution < 1.29 is 4.39 Å². The zero-order valence-corrected chi connectivity index (χ0v) is 13.2. The Morgan fingerprint density at radius 1 is 1.10 bits per heavy atom. The van der Waals surface area contributed by atoms with Gasteiger partial charge in [-0.25, -0.2) is 4.39 Å². The molecular weight excluding hydrogens is 253 g/mol. The predicted molar refractivity (Wildman–Crippen MR) is 83.5 cm³/mol. The molecule has 1 rings (SSSR count). The summed E-state index contributed by atoms with van der Waals surface area (Å²) in [6, 6.07) is 7.11. The minimum atomic E-state index is -0.120. The lowest BCUT2D eigenvalue weighted by Gasteiger charge is -2.25. The lowest BCUT2D eigenvalue weighted by atomic mass is 10.1. The Bertz CT molecular complexity index is 382. The molecule has 0 heterocycles. The molecule has 4 heteroatoms. The Morgan fingerprint density at radius 2 is 1.80 bits per heavy atom. The first kappa shape index (κ1) is 17.1. The highest BCUT2D eigenvalue weighted by Gasteiger charge is 2.14. The molecule has 0 saturated heterocycles. The van der Waals surface area contributed by atoms with Crippen LogP contribution in [0.3, 0.4) is 0 Å². The number of rotatable bonds is 9. The predicted octanol–water partition coefficient (Wildman–Crippen LogP) is 2.36. The van der Waals surface area contributed by atoms with Crippen molar-refractivity contribution >= 4 is 0 Å². The quantitative estimate of drug-likeness (QED) is 0.701. The van der Waals surface area contributed by atoms with Crippen molar-refractivity contribution in [2.45, 2.75) is 19.4 Å². The number of hydrogen-bond donors (Lipinski definition) is 1. The van der Waals surface area contributed by atoms with Gasteiger partial charge in [-0.3, -0.25) is 4.90 Å². The van der Waals surface area contributed by atoms with Gasteiger partial charge in [0.1, 0.15) is 5.82 Å². The molecule has 0 fully saturated rings. The van der Waals surface area contributed by atoms with E-state index in [-0.39, 0.29) is 11.9 Å². The third-order valence-corrected chi connectivity index (χ3v) is 3.62. The topological polar surface area (TPSA) is 18.5 Å². The van der Waals surface area contributed by atoms with Gasteiger partial charge < -0.3 is 10.2 Å². The van der Waals surface area contributed by atoms with Gasteiger partial charge in [-0.15, -0.1) is 0 Å². The Balaban J connectivity index is 2.25. The molecule has 3 nitrogen and oxygen atoms in total. The molecule has 0 spiro atoms. The van der Waals surface area contributed by atoms with Crippen LogP contribution in [0, 0.1) is 5.82 Å². The molecule has 1 aromatic rings. The summed E-state index contributed by atoms with van der Waals surface area (Å²) in [5.74, 6) is -0.120. The van der Waals surface area contributed by atoms with Gasteiger partial charge in [0.05, 0.1) is 0 Å². The van der Waals surface area contributed by atoms with E-state index < -0.39 is 0 Å². The fourth-order valence-electron chi connectivity index (χ4n) is 2.15. The molecule has 0 amide bonds. The first-order valence-corrected chi connectivity index (χ1v) is 7.32. The third kappa shape index (κ3) is 5.99. The monoisotopic (exact) mass is 281 g/mol. The molecule has 0 radical (unpaired) electrons. The van der Waals surface area contributed by atoms with Crippen LogP contribution in [-0.2, 0) is 0 Å². The number of hydrogen-bond acceptors (Lipinski definition) is 3. The molecular formula is C16H28FN3. The average molecular weight is 281 g/mol. The van der Waals surface area contributed by atoms with Crippen LogP contribution in [0.4, 0.5) is 4.39 Å². The van der Waals surface area contributed by atoms with Crippen LogP contribution >= 0.6 is 0 Å². The number of likely N-dealkylation sites (N-methyl/N-ethyl adjacent to an activating group) is 1. The second-order valence-corrected chi connectivity index (χ2v) is 5.58. The standard InChI is InChI=1S/C16H28FN3/c1-14(15-8-5-6-9-16(15)17)20(4)13-11-18-10-7-12-19(2)3/h5-6,8-9,14,18H,7,10-13H2,1-4H3. The molecule has 0 saturated carbocycles. The summed E-state index contributed by atoms with van der Waals surface area (Å²) in [6.45, 7) is 6.03. The third-order valence-electron chi connectivity index (χ3n) is 3.62. The van der Waals surface area contributed by atoms with Crippen molar-refractivity contribution in [1.29, 1.82) is 0 Å². The fourth-order valence-corrected chi connectivity index (χ4v) is 2.15. The summed E-state index contributed by atoms with van der Waals surface area (Å²) >= 11 is 0. The highest BCUT2D eigenvalue weighted by atomic mass is 19.1. The Hall–Kier alpha value is -0.970. The van der Waals surface area contributed by atoms with E-state index in [1.54, 1.807) is 6.07 Å². The Morgan fingerprint density at radius 3 is 2.45 bits per heavy atom. The van der Waals surface area contributed by atoms with Gasteiger partial charge in [0.25, 0.3) is 0 Å². The van der Waals surface area contributed by atoms with Crippen molar-refractivity contribution in [3.05, 3.63) is 35.6 Å². The summed E-state index contributed by atoms with van der Waals surface area (Å²) in [4.78, 5) is 4.37. The molecule has 0 aromatic heterocycles.